The van der Waals surface area contributed by atoms with Gasteiger partial charge in [-0.2, -0.15) is 0 Å². The normalized spacial score (nSPS) is 18.6. The van der Waals surface area contributed by atoms with Crippen molar-refractivity contribution in [2.75, 3.05) is 19.9 Å². The molecule has 2 unspecified atom stereocenters. The fourth-order valence-electron chi connectivity index (χ4n) is 4.77. The second-order valence-corrected chi connectivity index (χ2v) is 10.3. The first kappa shape index (κ1) is 31.1. The molecule has 0 radical (unpaired) electrons. The van der Waals surface area contributed by atoms with Crippen LogP contribution in [0.5, 0.6) is 0 Å². The molecule has 3 N–H and O–H groups in total. The van der Waals surface area contributed by atoms with E-state index in [0.29, 0.717) is 6.42 Å². The summed E-state index contributed by atoms with van der Waals surface area (Å²) in [6.45, 7) is 2.96. The van der Waals surface area contributed by atoms with Crippen molar-refractivity contribution in [2.24, 2.45) is 15.7 Å². The van der Waals surface area contributed by atoms with Gasteiger partial charge in [0, 0.05) is 6.42 Å². The molecule has 0 aromatic carbocycles. The minimum atomic E-state index is -0.599. The number of nitrogens with zero attached hydrogens (tertiary/aromatic N) is 3. The van der Waals surface area contributed by atoms with Crippen molar-refractivity contribution >= 4 is 24.2 Å². The van der Waals surface area contributed by atoms with E-state index in [1.54, 1.807) is 11.2 Å². The summed E-state index contributed by atoms with van der Waals surface area (Å²) in [7, 11) is 0. The van der Waals surface area contributed by atoms with Crippen LogP contribution >= 0.6 is 0 Å². The largest absolute Gasteiger partial charge is 0.463 e. The number of rotatable bonds is 23. The van der Waals surface area contributed by atoms with Gasteiger partial charge in [-0.3, -0.25) is 19.9 Å². The maximum Gasteiger partial charge on any atom is 0.305 e. The van der Waals surface area contributed by atoms with Gasteiger partial charge < -0.3 is 20.1 Å². The van der Waals surface area contributed by atoms with Gasteiger partial charge in [0.05, 0.1) is 12.9 Å². The van der Waals surface area contributed by atoms with Crippen LogP contribution in [0.4, 0.5) is 0 Å². The highest BCUT2D eigenvalue weighted by atomic mass is 16.6. The number of hydrogen-bond donors (Lipinski definition) is 2. The Bertz CT molecular complexity index is 700. The van der Waals surface area contributed by atoms with E-state index >= 15 is 0 Å². The molecule has 2 atom stereocenters. The van der Waals surface area contributed by atoms with Gasteiger partial charge in [0.2, 0.25) is 0 Å². The Morgan fingerprint density at radius 1 is 0.892 bits per heavy atom. The van der Waals surface area contributed by atoms with Crippen LogP contribution in [0.3, 0.4) is 0 Å². The predicted octanol–water partition coefficient (Wildman–Crippen LogP) is 5.03. The Balaban J connectivity index is 1.30. The molecule has 9 heteroatoms. The Hall–Kier alpha value is -2.16. The highest BCUT2D eigenvalue weighted by Gasteiger charge is 2.39. The maximum absolute atomic E-state index is 11.9. The molecule has 0 aliphatic carbocycles. The Kier molecular flexibility index (Phi) is 16.7. The number of amides is 1. The maximum atomic E-state index is 11.9. The van der Waals surface area contributed by atoms with Gasteiger partial charge in [-0.25, -0.2) is 4.99 Å². The lowest BCUT2D eigenvalue weighted by atomic mass is 10.0. The molecule has 212 valence electrons. The van der Waals surface area contributed by atoms with Crippen LogP contribution in [0.2, 0.25) is 0 Å². The quantitative estimate of drug-likeness (QED) is 0.144. The average Bonchev–Trinajstić information content (AvgIpc) is 3.28. The van der Waals surface area contributed by atoms with Crippen LogP contribution in [-0.2, 0) is 19.1 Å². The second-order valence-electron chi connectivity index (χ2n) is 10.3. The van der Waals surface area contributed by atoms with Crippen molar-refractivity contribution in [3.05, 3.63) is 0 Å². The molecule has 2 aliphatic rings. The minimum absolute atomic E-state index is 0.0834. The van der Waals surface area contributed by atoms with Crippen LogP contribution in [-0.4, -0.2) is 61.2 Å². The molecule has 0 saturated carbocycles. The van der Waals surface area contributed by atoms with Gasteiger partial charge in [-0.05, 0) is 6.42 Å². The summed E-state index contributed by atoms with van der Waals surface area (Å²) in [5.74, 6) is -0.358. The van der Waals surface area contributed by atoms with E-state index in [0.717, 1.165) is 12.8 Å². The van der Waals surface area contributed by atoms with Crippen LogP contribution < -0.4 is 11.1 Å². The van der Waals surface area contributed by atoms with Gasteiger partial charge >= 0.3 is 5.97 Å². The molecule has 2 aliphatic heterocycles. The highest BCUT2D eigenvalue weighted by molar-refractivity contribution is 6.02. The number of nitrogens with two attached hydrogens (primary N) is 1. The van der Waals surface area contributed by atoms with Crippen molar-refractivity contribution in [2.45, 2.75) is 135 Å². The molecule has 2 rings (SSSR count). The minimum Gasteiger partial charge on any atom is -0.463 e. The zero-order valence-corrected chi connectivity index (χ0v) is 23.1. The van der Waals surface area contributed by atoms with Gasteiger partial charge in [-0.15, -0.1) is 0 Å². The number of esters is 1. The highest BCUT2D eigenvalue weighted by Crippen LogP contribution is 2.18. The summed E-state index contributed by atoms with van der Waals surface area (Å²) in [6.07, 6.45) is 24.0. The SMILES string of the molecule is CCCCCCCCCCCCCCCCCCCC(=O)OCCOCN1C=NC2C(=O)NC(N)=NC21. The molecule has 37 heavy (non-hydrogen) atoms. The van der Waals surface area contributed by atoms with Crippen LogP contribution in [0.15, 0.2) is 9.98 Å². The third-order valence-corrected chi connectivity index (χ3v) is 7.00. The van der Waals surface area contributed by atoms with Gasteiger partial charge in [0.25, 0.3) is 5.91 Å². The molecule has 1 amide bonds. The molecule has 9 nitrogen and oxygen atoms in total. The number of nitrogens with one attached hydrogen (secondary N) is 1. The topological polar surface area (TPSA) is 119 Å². The number of hydrogen-bond acceptors (Lipinski definition) is 8. The molecule has 0 saturated heterocycles. The smallest absolute Gasteiger partial charge is 0.305 e. The van der Waals surface area contributed by atoms with E-state index in [-0.39, 0.29) is 37.8 Å². The van der Waals surface area contributed by atoms with Crippen LogP contribution in [0.25, 0.3) is 0 Å². The Labute approximate surface area is 224 Å². The second kappa shape index (κ2) is 19.9. The van der Waals surface area contributed by atoms with E-state index < -0.39 is 12.2 Å². The van der Waals surface area contributed by atoms with E-state index in [1.165, 1.54) is 96.3 Å². The van der Waals surface area contributed by atoms with E-state index in [1.807, 2.05) is 0 Å². The van der Waals surface area contributed by atoms with E-state index in [2.05, 4.69) is 22.2 Å². The number of unbranched alkanes of at least 4 members (excludes halogenated alkanes) is 16. The summed E-state index contributed by atoms with van der Waals surface area (Å²) >= 11 is 0. The third-order valence-electron chi connectivity index (χ3n) is 7.00. The zero-order valence-electron chi connectivity index (χ0n) is 23.1. The van der Waals surface area contributed by atoms with Crippen molar-refractivity contribution in [1.82, 2.24) is 10.2 Å². The number of fused-ring (bicyclic) bond motifs is 1. The molecule has 0 aromatic rings. The van der Waals surface area contributed by atoms with Crippen molar-refractivity contribution in [3.8, 4) is 0 Å². The number of aliphatic imine (C=N–C) groups is 2. The van der Waals surface area contributed by atoms with E-state index in [9.17, 15) is 9.59 Å². The predicted molar refractivity (Wildman–Crippen MR) is 148 cm³/mol. The average molecular weight is 522 g/mol. The summed E-state index contributed by atoms with van der Waals surface area (Å²) in [4.78, 5) is 33.8. The molecule has 2 heterocycles. The molecule has 0 fully saturated rings. The lowest BCUT2D eigenvalue weighted by Crippen LogP contribution is -2.54. The lowest BCUT2D eigenvalue weighted by molar-refractivity contribution is -0.145. The van der Waals surface area contributed by atoms with Gasteiger partial charge in [0.1, 0.15) is 13.3 Å². The first-order chi connectivity index (χ1) is 18.1. The van der Waals surface area contributed by atoms with Crippen molar-refractivity contribution in [3.63, 3.8) is 0 Å². The number of ether oxygens (including phenoxy) is 2. The van der Waals surface area contributed by atoms with Crippen molar-refractivity contribution < 1.29 is 19.1 Å². The fraction of sp³-hybridized carbons (Fsp3) is 0.857. The summed E-state index contributed by atoms with van der Waals surface area (Å²) in [5.41, 5.74) is 5.61. The first-order valence-corrected chi connectivity index (χ1v) is 14.8. The summed E-state index contributed by atoms with van der Waals surface area (Å²) in [6, 6.07) is -0.599. The summed E-state index contributed by atoms with van der Waals surface area (Å²) in [5, 5.41) is 2.46. The molecular formula is C28H51N5O4. The van der Waals surface area contributed by atoms with Crippen molar-refractivity contribution in [1.29, 1.82) is 0 Å². The third kappa shape index (κ3) is 13.8. The standard InChI is InChI=1S/C28H51N5O4/c1-2-3-4-5-6-7-8-9-10-11-12-13-14-15-16-17-18-19-24(34)37-21-20-36-23-33-22-30-25-26(33)31-28(29)32-27(25)35/h22,25-26H,2-21,23H2,1H3,(H3,29,31,32,35). The number of carbonyl (C=O) groups excluding carboxylic acids is 2. The zero-order chi connectivity index (χ0) is 26.6. The number of carbonyl (C=O) groups is 2. The number of guanidine groups is 1. The first-order valence-electron chi connectivity index (χ1n) is 14.8. The van der Waals surface area contributed by atoms with Gasteiger partial charge in [-0.1, -0.05) is 110 Å². The Morgan fingerprint density at radius 3 is 2.00 bits per heavy atom. The van der Waals surface area contributed by atoms with E-state index in [4.69, 9.17) is 15.2 Å². The lowest BCUT2D eigenvalue weighted by Gasteiger charge is -2.27. The van der Waals surface area contributed by atoms with Gasteiger partial charge in [0.15, 0.2) is 18.2 Å². The molecule has 0 spiro atoms. The fourth-order valence-corrected chi connectivity index (χ4v) is 4.77. The van der Waals surface area contributed by atoms with Crippen LogP contribution in [0.1, 0.15) is 122 Å². The van der Waals surface area contributed by atoms with Crippen LogP contribution in [0, 0.1) is 0 Å². The molecule has 0 aromatic heterocycles. The molecular weight excluding hydrogens is 470 g/mol. The Morgan fingerprint density at radius 2 is 1.43 bits per heavy atom. The molecule has 0 bridgehead atoms. The summed E-state index contributed by atoms with van der Waals surface area (Å²) < 4.78 is 10.8. The monoisotopic (exact) mass is 521 g/mol.